The van der Waals surface area contributed by atoms with Crippen molar-refractivity contribution in [1.82, 2.24) is 15.1 Å². The number of nitrogens with one attached hydrogen (secondary N) is 1. The molecule has 2 saturated heterocycles. The van der Waals surface area contributed by atoms with E-state index in [-0.39, 0.29) is 18.0 Å². The Balaban J connectivity index is 1.79. The zero-order chi connectivity index (χ0) is 13.0. The number of carbonyl (C=O) groups is 2. The third-order valence-electron chi connectivity index (χ3n) is 3.48. The zero-order valence-electron chi connectivity index (χ0n) is 10.9. The summed E-state index contributed by atoms with van der Waals surface area (Å²) in [5.41, 5.74) is 0. The SMILES string of the molecule is CCOC(=O)N1CCN(C(=O)[C@H]2CCCN2)CC1. The molecule has 2 amide bonds. The summed E-state index contributed by atoms with van der Waals surface area (Å²) in [5.74, 6) is 0.177. The molecule has 0 unspecified atom stereocenters. The summed E-state index contributed by atoms with van der Waals surface area (Å²) in [7, 11) is 0. The van der Waals surface area contributed by atoms with Gasteiger partial charge in [0, 0.05) is 26.2 Å². The second kappa shape index (κ2) is 6.04. The Morgan fingerprint density at radius 3 is 2.44 bits per heavy atom. The van der Waals surface area contributed by atoms with Crippen LogP contribution in [0, 0.1) is 0 Å². The third kappa shape index (κ3) is 2.93. The quantitative estimate of drug-likeness (QED) is 0.757. The fourth-order valence-electron chi connectivity index (χ4n) is 2.44. The van der Waals surface area contributed by atoms with Crippen molar-refractivity contribution in [3.8, 4) is 0 Å². The monoisotopic (exact) mass is 255 g/mol. The number of nitrogens with zero attached hydrogens (tertiary/aromatic N) is 2. The molecule has 0 aromatic rings. The van der Waals surface area contributed by atoms with Crippen LogP contribution in [0.5, 0.6) is 0 Å². The Bertz CT molecular complexity index is 308. The van der Waals surface area contributed by atoms with Crippen molar-refractivity contribution in [2.75, 3.05) is 39.3 Å². The smallest absolute Gasteiger partial charge is 0.409 e. The van der Waals surface area contributed by atoms with E-state index in [1.807, 2.05) is 4.90 Å². The van der Waals surface area contributed by atoms with Gasteiger partial charge in [-0.3, -0.25) is 4.79 Å². The summed E-state index contributed by atoms with van der Waals surface area (Å²) in [4.78, 5) is 27.2. The molecule has 0 aromatic carbocycles. The molecule has 1 atom stereocenters. The molecule has 0 bridgehead atoms. The largest absolute Gasteiger partial charge is 0.450 e. The van der Waals surface area contributed by atoms with Crippen molar-refractivity contribution in [1.29, 1.82) is 0 Å². The zero-order valence-corrected chi connectivity index (χ0v) is 10.9. The Kier molecular flexibility index (Phi) is 4.41. The molecule has 0 radical (unpaired) electrons. The number of hydrogen-bond donors (Lipinski definition) is 1. The molecular formula is C12H21N3O3. The summed E-state index contributed by atoms with van der Waals surface area (Å²) >= 11 is 0. The van der Waals surface area contributed by atoms with Crippen LogP contribution in [-0.4, -0.2) is 67.2 Å². The van der Waals surface area contributed by atoms with E-state index in [9.17, 15) is 9.59 Å². The van der Waals surface area contributed by atoms with Gasteiger partial charge in [-0.15, -0.1) is 0 Å². The molecule has 2 rings (SSSR count). The number of rotatable bonds is 2. The highest BCUT2D eigenvalue weighted by atomic mass is 16.6. The number of ether oxygens (including phenoxy) is 1. The highest BCUT2D eigenvalue weighted by Gasteiger charge is 2.30. The summed E-state index contributed by atoms with van der Waals surface area (Å²) < 4.78 is 4.95. The summed E-state index contributed by atoms with van der Waals surface area (Å²) in [5, 5.41) is 3.21. The number of carbonyl (C=O) groups excluding carboxylic acids is 2. The van der Waals surface area contributed by atoms with Gasteiger partial charge >= 0.3 is 6.09 Å². The average molecular weight is 255 g/mol. The van der Waals surface area contributed by atoms with Gasteiger partial charge in [0.15, 0.2) is 0 Å². The van der Waals surface area contributed by atoms with Crippen LogP contribution < -0.4 is 5.32 Å². The first-order valence-electron chi connectivity index (χ1n) is 6.66. The second-order valence-corrected chi connectivity index (χ2v) is 4.66. The van der Waals surface area contributed by atoms with Crippen molar-refractivity contribution >= 4 is 12.0 Å². The maximum absolute atomic E-state index is 12.1. The van der Waals surface area contributed by atoms with Crippen LogP contribution in [0.25, 0.3) is 0 Å². The molecule has 2 fully saturated rings. The Labute approximate surface area is 107 Å². The van der Waals surface area contributed by atoms with E-state index < -0.39 is 0 Å². The first-order valence-corrected chi connectivity index (χ1v) is 6.66. The minimum absolute atomic E-state index is 0.0147. The topological polar surface area (TPSA) is 61.9 Å². The summed E-state index contributed by atoms with van der Waals surface area (Å²) in [6.07, 6.45) is 1.72. The Morgan fingerprint density at radius 2 is 1.89 bits per heavy atom. The van der Waals surface area contributed by atoms with E-state index in [1.54, 1.807) is 11.8 Å². The number of hydrogen-bond acceptors (Lipinski definition) is 4. The van der Waals surface area contributed by atoms with Gasteiger partial charge in [0.05, 0.1) is 12.6 Å². The minimum Gasteiger partial charge on any atom is -0.450 e. The molecule has 18 heavy (non-hydrogen) atoms. The van der Waals surface area contributed by atoms with Crippen LogP contribution in [0.1, 0.15) is 19.8 Å². The Hall–Kier alpha value is -1.30. The molecule has 2 aliphatic heterocycles. The highest BCUT2D eigenvalue weighted by molar-refractivity contribution is 5.82. The van der Waals surface area contributed by atoms with Crippen LogP contribution >= 0.6 is 0 Å². The molecule has 0 spiro atoms. The lowest BCUT2D eigenvalue weighted by Crippen LogP contribution is -2.54. The van der Waals surface area contributed by atoms with Crippen molar-refractivity contribution in [2.45, 2.75) is 25.8 Å². The van der Waals surface area contributed by atoms with Crippen LogP contribution in [0.2, 0.25) is 0 Å². The average Bonchev–Trinajstić information content (AvgIpc) is 2.92. The highest BCUT2D eigenvalue weighted by Crippen LogP contribution is 2.11. The lowest BCUT2D eigenvalue weighted by Gasteiger charge is -2.35. The minimum atomic E-state index is -0.274. The molecule has 0 saturated carbocycles. The molecule has 1 N–H and O–H groups in total. The van der Waals surface area contributed by atoms with Gasteiger partial charge in [0.25, 0.3) is 0 Å². The predicted molar refractivity (Wildman–Crippen MR) is 66.2 cm³/mol. The maximum atomic E-state index is 12.1. The third-order valence-corrected chi connectivity index (χ3v) is 3.48. The van der Waals surface area contributed by atoms with Crippen LogP contribution in [-0.2, 0) is 9.53 Å². The van der Waals surface area contributed by atoms with Crippen LogP contribution in [0.15, 0.2) is 0 Å². The molecule has 6 heteroatoms. The molecule has 102 valence electrons. The molecule has 0 aromatic heterocycles. The normalized spacial score (nSPS) is 24.2. The maximum Gasteiger partial charge on any atom is 0.409 e. The van der Waals surface area contributed by atoms with Crippen LogP contribution in [0.3, 0.4) is 0 Å². The van der Waals surface area contributed by atoms with E-state index in [0.717, 1.165) is 19.4 Å². The van der Waals surface area contributed by atoms with Crippen LogP contribution in [0.4, 0.5) is 4.79 Å². The number of piperazine rings is 1. The summed E-state index contributed by atoms with van der Waals surface area (Å²) in [6.45, 7) is 5.47. The van der Waals surface area contributed by atoms with Gasteiger partial charge in [0.2, 0.25) is 5.91 Å². The van der Waals surface area contributed by atoms with Crippen molar-refractivity contribution < 1.29 is 14.3 Å². The van der Waals surface area contributed by atoms with Gasteiger partial charge in [-0.05, 0) is 26.3 Å². The predicted octanol–water partition coefficient (Wildman–Crippen LogP) is 0.0391. The summed E-state index contributed by atoms with van der Waals surface area (Å²) in [6, 6.07) is -0.0147. The first-order chi connectivity index (χ1) is 8.72. The second-order valence-electron chi connectivity index (χ2n) is 4.66. The lowest BCUT2D eigenvalue weighted by molar-refractivity contribution is -0.134. The van der Waals surface area contributed by atoms with Crippen molar-refractivity contribution in [3.05, 3.63) is 0 Å². The van der Waals surface area contributed by atoms with Gasteiger partial charge in [-0.1, -0.05) is 0 Å². The molecule has 0 aliphatic carbocycles. The van der Waals surface area contributed by atoms with Gasteiger partial charge < -0.3 is 19.9 Å². The fourth-order valence-corrected chi connectivity index (χ4v) is 2.44. The van der Waals surface area contributed by atoms with E-state index >= 15 is 0 Å². The first kappa shape index (κ1) is 13.1. The van der Waals surface area contributed by atoms with Crippen molar-refractivity contribution in [3.63, 3.8) is 0 Å². The fraction of sp³-hybridized carbons (Fsp3) is 0.833. The van der Waals surface area contributed by atoms with E-state index in [4.69, 9.17) is 4.74 Å². The van der Waals surface area contributed by atoms with E-state index in [1.165, 1.54) is 0 Å². The van der Waals surface area contributed by atoms with Gasteiger partial charge in [-0.2, -0.15) is 0 Å². The standard InChI is InChI=1S/C12H21N3O3/c1-2-18-12(17)15-8-6-14(7-9-15)11(16)10-4-3-5-13-10/h10,13H,2-9H2,1H3/t10-/m1/s1. The van der Waals surface area contributed by atoms with E-state index in [0.29, 0.717) is 32.8 Å². The van der Waals surface area contributed by atoms with E-state index in [2.05, 4.69) is 5.32 Å². The number of amides is 2. The van der Waals surface area contributed by atoms with Gasteiger partial charge in [0.1, 0.15) is 0 Å². The lowest BCUT2D eigenvalue weighted by atomic mass is 10.2. The molecular weight excluding hydrogens is 234 g/mol. The Morgan fingerprint density at radius 1 is 1.22 bits per heavy atom. The molecule has 6 nitrogen and oxygen atoms in total. The van der Waals surface area contributed by atoms with Gasteiger partial charge in [-0.25, -0.2) is 4.79 Å². The van der Waals surface area contributed by atoms with Crippen molar-refractivity contribution in [2.24, 2.45) is 0 Å². The molecule has 2 heterocycles. The molecule has 2 aliphatic rings.